The number of hydrogen-bond acceptors (Lipinski definition) is 4. The van der Waals surface area contributed by atoms with E-state index < -0.39 is 23.8 Å². The van der Waals surface area contributed by atoms with E-state index in [9.17, 15) is 19.5 Å². The van der Waals surface area contributed by atoms with Gasteiger partial charge in [-0.15, -0.1) is 0 Å². The van der Waals surface area contributed by atoms with Crippen molar-refractivity contribution in [2.75, 3.05) is 0 Å². The fourth-order valence-electron chi connectivity index (χ4n) is 1.43. The number of nitrogens with one attached hydrogen (secondary N) is 1. The first-order valence-electron chi connectivity index (χ1n) is 5.51. The number of hydrogen-bond donors (Lipinski definition) is 4. The van der Waals surface area contributed by atoms with Crippen LogP contribution in [0, 0.1) is 0 Å². The Hall–Kier alpha value is -2.57. The number of phenols is 1. The fraction of sp³-hybridized carbons (Fsp3) is 0.250. The van der Waals surface area contributed by atoms with Crippen LogP contribution in [0.1, 0.15) is 23.2 Å². The zero-order valence-corrected chi connectivity index (χ0v) is 10.00. The predicted octanol–water partition coefficient (Wildman–Crippen LogP) is -0.159. The van der Waals surface area contributed by atoms with Crippen LogP contribution in [0.25, 0.3) is 0 Å². The van der Waals surface area contributed by atoms with E-state index in [2.05, 4.69) is 5.32 Å². The molecule has 0 heterocycles. The van der Waals surface area contributed by atoms with Gasteiger partial charge in [0.1, 0.15) is 11.8 Å². The van der Waals surface area contributed by atoms with Crippen molar-refractivity contribution in [3.05, 3.63) is 29.8 Å². The summed E-state index contributed by atoms with van der Waals surface area (Å²) >= 11 is 0. The Morgan fingerprint density at radius 1 is 1.32 bits per heavy atom. The van der Waals surface area contributed by atoms with Gasteiger partial charge in [-0.3, -0.25) is 9.59 Å². The largest absolute Gasteiger partial charge is 0.508 e. The van der Waals surface area contributed by atoms with Crippen molar-refractivity contribution >= 4 is 17.8 Å². The number of phenolic OH excluding ortho intramolecular Hbond substituents is 1. The highest BCUT2D eigenvalue weighted by Crippen LogP contribution is 2.11. The number of rotatable bonds is 6. The first kappa shape index (κ1) is 14.5. The number of carboxylic acids is 1. The molecular formula is C12H14N2O5. The molecule has 0 saturated carbocycles. The maximum Gasteiger partial charge on any atom is 0.326 e. The molecule has 0 aliphatic heterocycles. The van der Waals surface area contributed by atoms with Gasteiger partial charge in [-0.05, 0) is 24.6 Å². The summed E-state index contributed by atoms with van der Waals surface area (Å²) in [5, 5.41) is 20.4. The van der Waals surface area contributed by atoms with Crippen molar-refractivity contribution in [2.24, 2.45) is 5.73 Å². The van der Waals surface area contributed by atoms with Gasteiger partial charge in [-0.1, -0.05) is 6.07 Å². The van der Waals surface area contributed by atoms with Gasteiger partial charge in [0, 0.05) is 12.0 Å². The molecule has 0 spiro atoms. The molecule has 1 rings (SSSR count). The van der Waals surface area contributed by atoms with E-state index in [1.165, 1.54) is 24.3 Å². The minimum absolute atomic E-state index is 0.0881. The smallest absolute Gasteiger partial charge is 0.326 e. The van der Waals surface area contributed by atoms with Crippen LogP contribution < -0.4 is 11.1 Å². The van der Waals surface area contributed by atoms with E-state index in [0.717, 1.165) is 0 Å². The highest BCUT2D eigenvalue weighted by Gasteiger charge is 2.21. The molecule has 0 fully saturated rings. The Morgan fingerprint density at radius 2 is 2.00 bits per heavy atom. The van der Waals surface area contributed by atoms with E-state index in [-0.39, 0.29) is 24.2 Å². The minimum atomic E-state index is -1.25. The zero-order chi connectivity index (χ0) is 14.4. The predicted molar refractivity (Wildman–Crippen MR) is 65.4 cm³/mol. The summed E-state index contributed by atoms with van der Waals surface area (Å²) in [5.41, 5.74) is 5.05. The van der Waals surface area contributed by atoms with Gasteiger partial charge in [0.2, 0.25) is 5.91 Å². The molecule has 0 aliphatic carbocycles. The molecule has 19 heavy (non-hydrogen) atoms. The number of carbonyl (C=O) groups is 3. The van der Waals surface area contributed by atoms with Crippen molar-refractivity contribution < 1.29 is 24.6 Å². The van der Waals surface area contributed by atoms with Crippen molar-refractivity contribution in [3.8, 4) is 5.75 Å². The Balaban J connectivity index is 2.71. The molecule has 0 aromatic heterocycles. The lowest BCUT2D eigenvalue weighted by Gasteiger charge is -2.13. The Labute approximate surface area is 109 Å². The van der Waals surface area contributed by atoms with Crippen molar-refractivity contribution in [3.63, 3.8) is 0 Å². The fourth-order valence-corrected chi connectivity index (χ4v) is 1.43. The number of aromatic hydroxyl groups is 1. The second kappa shape index (κ2) is 6.39. The van der Waals surface area contributed by atoms with Gasteiger partial charge in [-0.2, -0.15) is 0 Å². The van der Waals surface area contributed by atoms with Crippen LogP contribution in [0.2, 0.25) is 0 Å². The van der Waals surface area contributed by atoms with Crippen LogP contribution in [0.3, 0.4) is 0 Å². The summed E-state index contributed by atoms with van der Waals surface area (Å²) in [4.78, 5) is 33.3. The van der Waals surface area contributed by atoms with Gasteiger partial charge >= 0.3 is 5.97 Å². The molecule has 0 aliphatic rings. The highest BCUT2D eigenvalue weighted by molar-refractivity contribution is 5.97. The molecule has 1 aromatic carbocycles. The maximum atomic E-state index is 11.8. The van der Waals surface area contributed by atoms with Crippen LogP contribution in [-0.2, 0) is 9.59 Å². The quantitative estimate of drug-likeness (QED) is 0.568. The number of carbonyl (C=O) groups excluding carboxylic acids is 2. The normalized spacial score (nSPS) is 11.6. The number of nitrogens with two attached hydrogens (primary N) is 1. The summed E-state index contributed by atoms with van der Waals surface area (Å²) in [6, 6.07) is 4.29. The van der Waals surface area contributed by atoms with E-state index in [1.54, 1.807) is 0 Å². The summed E-state index contributed by atoms with van der Waals surface area (Å²) in [7, 11) is 0. The summed E-state index contributed by atoms with van der Waals surface area (Å²) in [6.07, 6.45) is -0.230. The molecule has 7 nitrogen and oxygen atoms in total. The molecule has 1 atom stereocenters. The number of amides is 2. The standard InChI is InChI=1S/C12H14N2O5/c13-10(16)5-4-9(12(18)19)14-11(17)7-2-1-3-8(15)6-7/h1-3,6,9,15H,4-5H2,(H2,13,16)(H,14,17)(H,18,19)/t9-/m1/s1. The Morgan fingerprint density at radius 3 is 2.53 bits per heavy atom. The number of aliphatic carboxylic acids is 1. The van der Waals surface area contributed by atoms with E-state index >= 15 is 0 Å². The summed E-state index contributed by atoms with van der Waals surface area (Å²) in [5.74, 6) is -2.64. The molecule has 5 N–H and O–H groups in total. The SMILES string of the molecule is NC(=O)CC[C@@H](NC(=O)c1cccc(O)c1)C(=O)O. The minimum Gasteiger partial charge on any atom is -0.508 e. The van der Waals surface area contributed by atoms with Crippen molar-refractivity contribution in [2.45, 2.75) is 18.9 Å². The zero-order valence-electron chi connectivity index (χ0n) is 10.00. The number of benzene rings is 1. The van der Waals surface area contributed by atoms with Crippen molar-refractivity contribution in [1.82, 2.24) is 5.32 Å². The Kier molecular flexibility index (Phi) is 4.87. The lowest BCUT2D eigenvalue weighted by Crippen LogP contribution is -2.41. The van der Waals surface area contributed by atoms with Crippen LogP contribution in [0.4, 0.5) is 0 Å². The lowest BCUT2D eigenvalue weighted by atomic mass is 10.1. The monoisotopic (exact) mass is 266 g/mol. The summed E-state index contributed by atoms with van der Waals surface area (Å²) < 4.78 is 0. The average molecular weight is 266 g/mol. The third-order valence-corrected chi connectivity index (χ3v) is 2.39. The maximum absolute atomic E-state index is 11.8. The van der Waals surface area contributed by atoms with Gasteiger partial charge in [0.25, 0.3) is 5.91 Å². The van der Waals surface area contributed by atoms with E-state index in [0.29, 0.717) is 0 Å². The number of carboxylic acid groups (broad SMARTS) is 1. The van der Waals surface area contributed by atoms with Crippen LogP contribution in [0.5, 0.6) is 5.75 Å². The molecule has 0 unspecified atom stereocenters. The second-order valence-electron chi connectivity index (χ2n) is 3.92. The Bertz CT molecular complexity index is 501. The molecule has 2 amide bonds. The van der Waals surface area contributed by atoms with Crippen LogP contribution in [-0.4, -0.2) is 34.0 Å². The topological polar surface area (TPSA) is 130 Å². The molecule has 0 radical (unpaired) electrons. The molecular weight excluding hydrogens is 252 g/mol. The van der Waals surface area contributed by atoms with Gasteiger partial charge < -0.3 is 21.3 Å². The van der Waals surface area contributed by atoms with Gasteiger partial charge in [0.15, 0.2) is 0 Å². The summed E-state index contributed by atoms with van der Waals surface area (Å²) in [6.45, 7) is 0. The van der Waals surface area contributed by atoms with E-state index in [1.807, 2.05) is 0 Å². The molecule has 1 aromatic rings. The van der Waals surface area contributed by atoms with Crippen LogP contribution in [0.15, 0.2) is 24.3 Å². The molecule has 7 heteroatoms. The van der Waals surface area contributed by atoms with Crippen molar-refractivity contribution in [1.29, 1.82) is 0 Å². The highest BCUT2D eigenvalue weighted by atomic mass is 16.4. The number of primary amides is 1. The molecule has 102 valence electrons. The van der Waals surface area contributed by atoms with Gasteiger partial charge in [-0.25, -0.2) is 4.79 Å². The third-order valence-electron chi connectivity index (χ3n) is 2.39. The third kappa shape index (κ3) is 4.66. The molecule has 0 bridgehead atoms. The lowest BCUT2D eigenvalue weighted by molar-refractivity contribution is -0.139. The van der Waals surface area contributed by atoms with Crippen LogP contribution >= 0.6 is 0 Å². The first-order valence-corrected chi connectivity index (χ1v) is 5.51. The molecule has 0 saturated heterocycles. The second-order valence-corrected chi connectivity index (χ2v) is 3.92. The first-order chi connectivity index (χ1) is 8.90. The van der Waals surface area contributed by atoms with E-state index in [4.69, 9.17) is 10.8 Å². The van der Waals surface area contributed by atoms with Gasteiger partial charge in [0.05, 0.1) is 0 Å². The average Bonchev–Trinajstić information content (AvgIpc) is 2.33.